The van der Waals surface area contributed by atoms with Crippen molar-refractivity contribution in [1.82, 2.24) is 9.97 Å². The third-order valence-electron chi connectivity index (χ3n) is 3.02. The second kappa shape index (κ2) is 4.91. The third-order valence-corrected chi connectivity index (χ3v) is 4.48. The van der Waals surface area contributed by atoms with Crippen molar-refractivity contribution in [2.75, 3.05) is 0 Å². The molecule has 0 atom stereocenters. The molecule has 2 nitrogen and oxygen atoms in total. The normalized spacial score (nSPS) is 11.1. The zero-order valence-corrected chi connectivity index (χ0v) is 12.3. The van der Waals surface area contributed by atoms with Gasteiger partial charge in [-0.3, -0.25) is 0 Å². The summed E-state index contributed by atoms with van der Waals surface area (Å²) in [6.45, 7) is 4.19. The Hall–Kier alpha value is -1.45. The maximum Gasteiger partial charge on any atom is 0.162 e. The van der Waals surface area contributed by atoms with Crippen LogP contribution < -0.4 is 0 Å². The minimum absolute atomic E-state index is 0.539. The molecule has 0 aliphatic carbocycles. The van der Waals surface area contributed by atoms with Crippen LogP contribution in [0, 0.1) is 6.92 Å². The molecule has 1 aromatic carbocycles. The van der Waals surface area contributed by atoms with Gasteiger partial charge in [0.2, 0.25) is 0 Å². The van der Waals surface area contributed by atoms with Crippen molar-refractivity contribution in [3.63, 3.8) is 0 Å². The number of hydrogen-bond acceptors (Lipinski definition) is 3. The molecule has 0 bridgehead atoms. The maximum absolute atomic E-state index is 6.28. The van der Waals surface area contributed by atoms with E-state index < -0.39 is 0 Å². The second-order valence-electron chi connectivity index (χ2n) is 4.49. The first kappa shape index (κ1) is 12.6. The summed E-state index contributed by atoms with van der Waals surface area (Å²) in [6, 6.07) is 10.2. The van der Waals surface area contributed by atoms with Gasteiger partial charge < -0.3 is 0 Å². The van der Waals surface area contributed by atoms with E-state index in [1.165, 1.54) is 10.4 Å². The van der Waals surface area contributed by atoms with Crippen LogP contribution in [0.25, 0.3) is 21.6 Å². The van der Waals surface area contributed by atoms with Crippen LogP contribution in [0.3, 0.4) is 0 Å². The zero-order valence-electron chi connectivity index (χ0n) is 10.8. The van der Waals surface area contributed by atoms with Gasteiger partial charge in [0.25, 0.3) is 0 Å². The van der Waals surface area contributed by atoms with E-state index in [2.05, 4.69) is 42.0 Å². The van der Waals surface area contributed by atoms with Crippen LogP contribution in [0.15, 0.2) is 30.3 Å². The van der Waals surface area contributed by atoms with Gasteiger partial charge in [-0.15, -0.1) is 11.3 Å². The van der Waals surface area contributed by atoms with Gasteiger partial charge in [0.05, 0.1) is 0 Å². The minimum Gasteiger partial charge on any atom is -0.217 e. The van der Waals surface area contributed by atoms with E-state index in [0.29, 0.717) is 11.0 Å². The van der Waals surface area contributed by atoms with Crippen LogP contribution in [-0.2, 0) is 6.42 Å². The third kappa shape index (κ3) is 2.36. The Morgan fingerprint density at radius 3 is 2.79 bits per heavy atom. The number of hydrogen-bond donors (Lipinski definition) is 0. The SMILES string of the molecule is CCc1cc2c(Cl)nc(-c3cccc(C)c3)nc2s1. The highest BCUT2D eigenvalue weighted by Crippen LogP contribution is 2.31. The van der Waals surface area contributed by atoms with Crippen LogP contribution >= 0.6 is 22.9 Å². The van der Waals surface area contributed by atoms with E-state index in [1.807, 2.05) is 12.1 Å². The molecule has 0 saturated heterocycles. The van der Waals surface area contributed by atoms with E-state index >= 15 is 0 Å². The second-order valence-corrected chi connectivity index (χ2v) is 5.97. The Balaban J connectivity index is 2.20. The molecule has 19 heavy (non-hydrogen) atoms. The van der Waals surface area contributed by atoms with Gasteiger partial charge in [-0.25, -0.2) is 9.97 Å². The summed E-state index contributed by atoms with van der Waals surface area (Å²) < 4.78 is 0. The number of thiophene rings is 1. The van der Waals surface area contributed by atoms with Crippen LogP contribution in [0.4, 0.5) is 0 Å². The van der Waals surface area contributed by atoms with Crippen LogP contribution in [0.2, 0.25) is 5.15 Å². The predicted octanol–water partition coefficient (Wildman–Crippen LogP) is 4.88. The number of fused-ring (bicyclic) bond motifs is 1. The maximum atomic E-state index is 6.28. The van der Waals surface area contributed by atoms with Gasteiger partial charge in [-0.1, -0.05) is 42.3 Å². The predicted molar refractivity (Wildman–Crippen MR) is 82.0 cm³/mol. The quantitative estimate of drug-likeness (QED) is 0.628. The molecule has 2 heterocycles. The van der Waals surface area contributed by atoms with Crippen molar-refractivity contribution < 1.29 is 0 Å². The van der Waals surface area contributed by atoms with E-state index in [9.17, 15) is 0 Å². The molecule has 0 unspecified atom stereocenters. The average molecular weight is 289 g/mol. The molecule has 0 aliphatic heterocycles. The molecule has 0 spiro atoms. The lowest BCUT2D eigenvalue weighted by molar-refractivity contribution is 1.19. The molecule has 2 aromatic heterocycles. The molecule has 96 valence electrons. The topological polar surface area (TPSA) is 25.8 Å². The Morgan fingerprint density at radius 1 is 1.21 bits per heavy atom. The Kier molecular flexibility index (Phi) is 3.25. The lowest BCUT2D eigenvalue weighted by atomic mass is 10.1. The minimum atomic E-state index is 0.539. The number of aryl methyl sites for hydroxylation is 2. The molecular weight excluding hydrogens is 276 g/mol. The van der Waals surface area contributed by atoms with E-state index in [-0.39, 0.29) is 0 Å². The highest BCUT2D eigenvalue weighted by molar-refractivity contribution is 7.18. The van der Waals surface area contributed by atoms with Gasteiger partial charge in [-0.2, -0.15) is 0 Å². The van der Waals surface area contributed by atoms with E-state index in [0.717, 1.165) is 22.2 Å². The van der Waals surface area contributed by atoms with Gasteiger partial charge in [0.15, 0.2) is 5.82 Å². The Morgan fingerprint density at radius 2 is 2.05 bits per heavy atom. The van der Waals surface area contributed by atoms with Crippen LogP contribution in [-0.4, -0.2) is 9.97 Å². The number of aromatic nitrogens is 2. The van der Waals surface area contributed by atoms with E-state index in [4.69, 9.17) is 11.6 Å². The highest BCUT2D eigenvalue weighted by atomic mass is 35.5. The molecule has 0 fully saturated rings. The van der Waals surface area contributed by atoms with E-state index in [1.54, 1.807) is 11.3 Å². The molecule has 0 radical (unpaired) electrons. The number of halogens is 1. The molecule has 0 amide bonds. The standard InChI is InChI=1S/C15H13ClN2S/c1-3-11-8-12-13(16)17-14(18-15(12)19-11)10-6-4-5-9(2)7-10/h4-8H,3H2,1-2H3. The summed E-state index contributed by atoms with van der Waals surface area (Å²) in [4.78, 5) is 11.3. The molecule has 0 saturated carbocycles. The van der Waals surface area contributed by atoms with Gasteiger partial charge in [0.1, 0.15) is 9.98 Å². The number of nitrogens with zero attached hydrogens (tertiary/aromatic N) is 2. The largest absolute Gasteiger partial charge is 0.217 e. The molecular formula is C15H13ClN2S. The number of benzene rings is 1. The summed E-state index contributed by atoms with van der Waals surface area (Å²) in [6.07, 6.45) is 0.997. The van der Waals surface area contributed by atoms with Crippen LogP contribution in [0.5, 0.6) is 0 Å². The summed E-state index contributed by atoms with van der Waals surface area (Å²) >= 11 is 7.97. The van der Waals surface area contributed by atoms with Gasteiger partial charge >= 0.3 is 0 Å². The summed E-state index contributed by atoms with van der Waals surface area (Å²) in [5, 5.41) is 1.50. The first-order valence-corrected chi connectivity index (χ1v) is 7.40. The van der Waals surface area contributed by atoms with Crippen molar-refractivity contribution in [3.05, 3.63) is 45.9 Å². The summed E-state index contributed by atoms with van der Waals surface area (Å²) in [5.41, 5.74) is 2.20. The molecule has 3 aromatic rings. The van der Waals surface area contributed by atoms with Crippen LogP contribution in [0.1, 0.15) is 17.4 Å². The zero-order chi connectivity index (χ0) is 13.4. The fourth-order valence-electron chi connectivity index (χ4n) is 2.02. The van der Waals surface area contributed by atoms with Crippen molar-refractivity contribution in [2.45, 2.75) is 20.3 Å². The molecule has 3 rings (SSSR count). The number of rotatable bonds is 2. The first-order valence-electron chi connectivity index (χ1n) is 6.20. The van der Waals surface area contributed by atoms with Crippen molar-refractivity contribution in [1.29, 1.82) is 0 Å². The highest BCUT2D eigenvalue weighted by Gasteiger charge is 2.11. The molecule has 0 N–H and O–H groups in total. The Bertz CT molecular complexity index is 749. The summed E-state index contributed by atoms with van der Waals surface area (Å²) in [5.74, 6) is 0.700. The average Bonchev–Trinajstić information content (AvgIpc) is 2.82. The van der Waals surface area contributed by atoms with Crippen molar-refractivity contribution >= 4 is 33.2 Å². The fraction of sp³-hybridized carbons (Fsp3) is 0.200. The van der Waals surface area contributed by atoms with Gasteiger partial charge in [0, 0.05) is 15.8 Å². The Labute approximate surface area is 121 Å². The van der Waals surface area contributed by atoms with Crippen molar-refractivity contribution in [3.8, 4) is 11.4 Å². The lowest BCUT2D eigenvalue weighted by Gasteiger charge is -2.02. The monoisotopic (exact) mass is 288 g/mol. The van der Waals surface area contributed by atoms with Gasteiger partial charge in [-0.05, 0) is 25.5 Å². The first-order chi connectivity index (χ1) is 9.17. The smallest absolute Gasteiger partial charge is 0.162 e. The molecule has 0 aliphatic rings. The lowest BCUT2D eigenvalue weighted by Crippen LogP contribution is -1.89. The summed E-state index contributed by atoms with van der Waals surface area (Å²) in [7, 11) is 0. The fourth-order valence-corrected chi connectivity index (χ4v) is 3.27. The molecule has 4 heteroatoms. The van der Waals surface area contributed by atoms with Crippen molar-refractivity contribution in [2.24, 2.45) is 0 Å².